The van der Waals surface area contributed by atoms with E-state index in [-0.39, 0.29) is 16.6 Å². The lowest BCUT2D eigenvalue weighted by molar-refractivity contribution is 0.0979. The smallest absolute Gasteiger partial charge is 0.408 e. The van der Waals surface area contributed by atoms with Gasteiger partial charge in [0, 0.05) is 33.3 Å². The molecule has 0 aliphatic carbocycles. The lowest BCUT2D eigenvalue weighted by atomic mass is 10.2. The minimum Gasteiger partial charge on any atom is -0.408 e. The third-order valence-electron chi connectivity index (χ3n) is 3.96. The molecule has 0 saturated carbocycles. The van der Waals surface area contributed by atoms with Crippen LogP contribution >= 0.6 is 0 Å². The van der Waals surface area contributed by atoms with Gasteiger partial charge in [-0.25, -0.2) is 13.2 Å². The molecule has 1 aliphatic heterocycles. The van der Waals surface area contributed by atoms with Gasteiger partial charge >= 0.3 is 5.76 Å². The highest BCUT2D eigenvalue weighted by molar-refractivity contribution is 7.89. The molecule has 1 aromatic heterocycles. The van der Waals surface area contributed by atoms with Crippen molar-refractivity contribution in [3.63, 3.8) is 0 Å². The van der Waals surface area contributed by atoms with E-state index in [0.29, 0.717) is 18.7 Å². The molecular formula is C14H18N2O5S. The third-order valence-corrected chi connectivity index (χ3v) is 5.78. The van der Waals surface area contributed by atoms with Crippen molar-refractivity contribution >= 4 is 21.1 Å². The molecular weight excluding hydrogens is 308 g/mol. The van der Waals surface area contributed by atoms with Gasteiger partial charge in [0.05, 0.1) is 16.5 Å². The van der Waals surface area contributed by atoms with Crippen LogP contribution in [-0.2, 0) is 21.8 Å². The van der Waals surface area contributed by atoms with Crippen molar-refractivity contribution in [2.24, 2.45) is 7.05 Å². The molecule has 1 saturated heterocycles. The number of fused-ring (bicyclic) bond motifs is 1. The standard InChI is InChI=1S/C14H18N2O5S/c1-15(9-10-4-3-7-20-10)22(18,19)11-5-6-12-13(8-11)21-14(17)16(12)2/h5-6,8,10H,3-4,7,9H2,1-2H3. The summed E-state index contributed by atoms with van der Waals surface area (Å²) in [7, 11) is -0.534. The average Bonchev–Trinajstić information content (AvgIpc) is 3.08. The quantitative estimate of drug-likeness (QED) is 0.835. The van der Waals surface area contributed by atoms with Crippen LogP contribution in [0.25, 0.3) is 11.1 Å². The second-order valence-corrected chi connectivity index (χ2v) is 7.52. The van der Waals surface area contributed by atoms with Gasteiger partial charge in [-0.1, -0.05) is 0 Å². The van der Waals surface area contributed by atoms with Gasteiger partial charge in [0.15, 0.2) is 5.58 Å². The number of rotatable bonds is 4. The second kappa shape index (κ2) is 5.53. The number of likely N-dealkylation sites (N-methyl/N-ethyl adjacent to an activating group) is 1. The molecule has 0 spiro atoms. The number of oxazole rings is 1. The number of hydrogen-bond donors (Lipinski definition) is 0. The number of nitrogens with zero attached hydrogens (tertiary/aromatic N) is 2. The molecule has 0 bridgehead atoms. The van der Waals surface area contributed by atoms with Gasteiger partial charge in [0.2, 0.25) is 10.0 Å². The van der Waals surface area contributed by atoms with Crippen LogP contribution in [0.2, 0.25) is 0 Å². The molecule has 8 heteroatoms. The molecule has 2 aromatic rings. The third kappa shape index (κ3) is 2.57. The van der Waals surface area contributed by atoms with Crippen LogP contribution < -0.4 is 5.76 Å². The number of hydrogen-bond acceptors (Lipinski definition) is 5. The van der Waals surface area contributed by atoms with Crippen LogP contribution in [0.5, 0.6) is 0 Å². The van der Waals surface area contributed by atoms with E-state index in [1.54, 1.807) is 13.1 Å². The molecule has 0 N–H and O–H groups in total. The normalized spacial score (nSPS) is 19.3. The van der Waals surface area contributed by atoms with Crippen LogP contribution in [0.4, 0.5) is 0 Å². The Morgan fingerprint density at radius 1 is 1.41 bits per heavy atom. The Balaban J connectivity index is 1.92. The van der Waals surface area contributed by atoms with E-state index in [1.165, 1.54) is 28.1 Å². The van der Waals surface area contributed by atoms with Gasteiger partial charge in [-0.3, -0.25) is 4.57 Å². The summed E-state index contributed by atoms with van der Waals surface area (Å²) in [6.45, 7) is 0.999. The SMILES string of the molecule is CN(CC1CCCO1)S(=O)(=O)c1ccc2c(c1)oc(=O)n2C. The fraction of sp³-hybridized carbons (Fsp3) is 0.500. The summed E-state index contributed by atoms with van der Waals surface area (Å²) >= 11 is 0. The molecule has 1 unspecified atom stereocenters. The van der Waals surface area contributed by atoms with Crippen LogP contribution in [0, 0.1) is 0 Å². The zero-order valence-corrected chi connectivity index (χ0v) is 13.3. The zero-order chi connectivity index (χ0) is 15.9. The summed E-state index contributed by atoms with van der Waals surface area (Å²) in [5.74, 6) is -0.516. The van der Waals surface area contributed by atoms with Gasteiger partial charge in [0.1, 0.15) is 0 Å². The maximum Gasteiger partial charge on any atom is 0.419 e. The van der Waals surface area contributed by atoms with Gasteiger partial charge in [-0.05, 0) is 25.0 Å². The Labute approximate surface area is 128 Å². The van der Waals surface area contributed by atoms with Crippen molar-refractivity contribution < 1.29 is 17.6 Å². The molecule has 0 radical (unpaired) electrons. The predicted molar refractivity (Wildman–Crippen MR) is 80.2 cm³/mol. The first-order chi connectivity index (χ1) is 10.4. The Hall–Kier alpha value is -1.64. The van der Waals surface area contributed by atoms with Crippen LogP contribution in [0.1, 0.15) is 12.8 Å². The Morgan fingerprint density at radius 3 is 2.86 bits per heavy atom. The number of aromatic nitrogens is 1. The predicted octanol–water partition coefficient (Wildman–Crippen LogP) is 0.931. The molecule has 120 valence electrons. The minimum absolute atomic E-state index is 0.0573. The van der Waals surface area contributed by atoms with Crippen molar-refractivity contribution in [3.05, 3.63) is 28.7 Å². The van der Waals surface area contributed by atoms with Gasteiger partial charge in [0.25, 0.3) is 0 Å². The lowest BCUT2D eigenvalue weighted by Crippen LogP contribution is -2.34. The highest BCUT2D eigenvalue weighted by Crippen LogP contribution is 2.22. The fourth-order valence-corrected chi connectivity index (χ4v) is 3.85. The van der Waals surface area contributed by atoms with Crippen LogP contribution in [0.3, 0.4) is 0 Å². The maximum atomic E-state index is 12.6. The summed E-state index contributed by atoms with van der Waals surface area (Å²) in [5.41, 5.74) is 0.824. The molecule has 2 heterocycles. The zero-order valence-electron chi connectivity index (χ0n) is 12.5. The van der Waals surface area contributed by atoms with E-state index >= 15 is 0 Å². The summed E-state index contributed by atoms with van der Waals surface area (Å²) < 4.78 is 38.3. The second-order valence-electron chi connectivity index (χ2n) is 5.48. The molecule has 7 nitrogen and oxygen atoms in total. The molecule has 3 rings (SSSR count). The highest BCUT2D eigenvalue weighted by Gasteiger charge is 2.26. The number of benzene rings is 1. The molecule has 1 fully saturated rings. The van der Waals surface area contributed by atoms with Crippen molar-refractivity contribution in [2.45, 2.75) is 23.8 Å². The molecule has 1 aliphatic rings. The van der Waals surface area contributed by atoms with E-state index in [1.807, 2.05) is 0 Å². The van der Waals surface area contributed by atoms with E-state index in [0.717, 1.165) is 12.8 Å². The number of aryl methyl sites for hydroxylation is 1. The maximum absolute atomic E-state index is 12.6. The number of sulfonamides is 1. The van der Waals surface area contributed by atoms with Crippen molar-refractivity contribution in [3.8, 4) is 0 Å². The van der Waals surface area contributed by atoms with Gasteiger partial charge < -0.3 is 9.15 Å². The molecule has 1 atom stereocenters. The topological polar surface area (TPSA) is 81.8 Å². The number of ether oxygens (including phenoxy) is 1. The monoisotopic (exact) mass is 326 g/mol. The average molecular weight is 326 g/mol. The van der Waals surface area contributed by atoms with Crippen molar-refractivity contribution in [2.75, 3.05) is 20.2 Å². The van der Waals surface area contributed by atoms with Gasteiger partial charge in [-0.2, -0.15) is 4.31 Å². The summed E-state index contributed by atoms with van der Waals surface area (Å²) in [6.07, 6.45) is 1.77. The minimum atomic E-state index is -3.64. The summed E-state index contributed by atoms with van der Waals surface area (Å²) in [6, 6.07) is 4.45. The fourth-order valence-electron chi connectivity index (χ4n) is 2.63. The van der Waals surface area contributed by atoms with E-state index < -0.39 is 15.8 Å². The largest absolute Gasteiger partial charge is 0.419 e. The summed E-state index contributed by atoms with van der Waals surface area (Å²) in [4.78, 5) is 11.6. The first-order valence-corrected chi connectivity index (χ1v) is 8.51. The van der Waals surface area contributed by atoms with Crippen LogP contribution in [0.15, 0.2) is 32.3 Å². The van der Waals surface area contributed by atoms with E-state index in [4.69, 9.17) is 9.15 Å². The Morgan fingerprint density at radius 2 is 2.18 bits per heavy atom. The molecule has 0 amide bonds. The summed E-state index contributed by atoms with van der Waals surface area (Å²) in [5, 5.41) is 0. The van der Waals surface area contributed by atoms with E-state index in [9.17, 15) is 13.2 Å². The van der Waals surface area contributed by atoms with Crippen LogP contribution in [-0.4, -0.2) is 43.6 Å². The van der Waals surface area contributed by atoms with Crippen molar-refractivity contribution in [1.82, 2.24) is 8.87 Å². The lowest BCUT2D eigenvalue weighted by Gasteiger charge is -2.20. The molecule has 1 aromatic carbocycles. The van der Waals surface area contributed by atoms with Crippen molar-refractivity contribution in [1.29, 1.82) is 0 Å². The first-order valence-electron chi connectivity index (χ1n) is 7.07. The Kier molecular flexibility index (Phi) is 3.84. The van der Waals surface area contributed by atoms with Gasteiger partial charge in [-0.15, -0.1) is 0 Å². The Bertz CT molecular complexity index is 846. The molecule has 22 heavy (non-hydrogen) atoms. The van der Waals surface area contributed by atoms with E-state index in [2.05, 4.69) is 0 Å². The highest BCUT2D eigenvalue weighted by atomic mass is 32.2. The first kappa shape index (κ1) is 15.3.